The van der Waals surface area contributed by atoms with Crippen LogP contribution < -0.4 is 11.1 Å². The van der Waals surface area contributed by atoms with Crippen molar-refractivity contribution in [2.45, 2.75) is 70.9 Å². The molecule has 1 aliphatic heterocycles. The third kappa shape index (κ3) is 2.14. The number of ether oxygens (including phenoxy) is 1. The van der Waals surface area contributed by atoms with Crippen molar-refractivity contribution in [2.75, 3.05) is 13.2 Å². The van der Waals surface area contributed by atoms with E-state index in [4.69, 9.17) is 10.5 Å². The average Bonchev–Trinajstić information content (AvgIpc) is 3.24. The first kappa shape index (κ1) is 15.3. The van der Waals surface area contributed by atoms with Crippen LogP contribution in [0.5, 0.6) is 0 Å². The second kappa shape index (κ2) is 4.95. The first-order valence-corrected chi connectivity index (χ1v) is 8.56. The highest BCUT2D eigenvalue weighted by Crippen LogP contribution is 2.57. The minimum atomic E-state index is -0.764. The van der Waals surface area contributed by atoms with Gasteiger partial charge in [0.2, 0.25) is 5.91 Å². The summed E-state index contributed by atoms with van der Waals surface area (Å²) in [6.45, 7) is 7.98. The molecule has 2 aliphatic carbocycles. The maximum Gasteiger partial charge on any atom is 0.241 e. The summed E-state index contributed by atoms with van der Waals surface area (Å²) < 4.78 is 5.87. The smallest absolute Gasteiger partial charge is 0.241 e. The second-order valence-corrected chi connectivity index (χ2v) is 8.06. The highest BCUT2D eigenvalue weighted by molar-refractivity contribution is 5.89. The molecule has 3 fully saturated rings. The van der Waals surface area contributed by atoms with Gasteiger partial charge in [-0.15, -0.1) is 0 Å². The summed E-state index contributed by atoms with van der Waals surface area (Å²) in [6.07, 6.45) is 7.07. The molecule has 3 rings (SSSR count). The normalized spacial score (nSPS) is 39.0. The zero-order valence-electron chi connectivity index (χ0n) is 13.7. The standard InChI is InChI=1S/C17H30N2O2/c1-4-7-16(8-9-16)11-19-14(20)17(18)12-6-5-10-21-13(12)15(17,2)3/h12-13H,4-11,18H2,1-3H3,(H,19,20). The Morgan fingerprint density at radius 1 is 1.38 bits per heavy atom. The molecular weight excluding hydrogens is 264 g/mol. The lowest BCUT2D eigenvalue weighted by Crippen LogP contribution is -2.82. The molecule has 1 saturated heterocycles. The van der Waals surface area contributed by atoms with Crippen molar-refractivity contribution < 1.29 is 9.53 Å². The number of carbonyl (C=O) groups is 1. The van der Waals surface area contributed by atoms with Gasteiger partial charge in [0, 0.05) is 24.5 Å². The minimum absolute atomic E-state index is 0.0432. The van der Waals surface area contributed by atoms with E-state index in [1.54, 1.807) is 0 Å². The molecule has 3 unspecified atom stereocenters. The van der Waals surface area contributed by atoms with E-state index in [0.29, 0.717) is 5.41 Å². The van der Waals surface area contributed by atoms with Crippen LogP contribution in [0.4, 0.5) is 0 Å². The highest BCUT2D eigenvalue weighted by atomic mass is 16.5. The maximum atomic E-state index is 12.8. The van der Waals surface area contributed by atoms with E-state index in [1.165, 1.54) is 25.7 Å². The Kier molecular flexibility index (Phi) is 3.61. The van der Waals surface area contributed by atoms with Gasteiger partial charge in [0.25, 0.3) is 0 Å². The van der Waals surface area contributed by atoms with Crippen LogP contribution in [-0.2, 0) is 9.53 Å². The Hall–Kier alpha value is -0.610. The predicted molar refractivity (Wildman–Crippen MR) is 82.7 cm³/mol. The largest absolute Gasteiger partial charge is 0.377 e. The first-order chi connectivity index (χ1) is 9.87. The summed E-state index contributed by atoms with van der Waals surface area (Å²) in [5, 5.41) is 3.18. The fourth-order valence-corrected chi connectivity index (χ4v) is 4.67. The van der Waals surface area contributed by atoms with E-state index in [1.807, 2.05) is 0 Å². The molecule has 1 heterocycles. The molecule has 3 N–H and O–H groups in total. The van der Waals surface area contributed by atoms with Gasteiger partial charge in [-0.3, -0.25) is 4.79 Å². The zero-order valence-corrected chi connectivity index (χ0v) is 13.7. The van der Waals surface area contributed by atoms with Gasteiger partial charge in [0.15, 0.2) is 0 Å². The number of fused-ring (bicyclic) bond motifs is 1. The van der Waals surface area contributed by atoms with Gasteiger partial charge in [-0.2, -0.15) is 0 Å². The number of nitrogens with one attached hydrogen (secondary N) is 1. The van der Waals surface area contributed by atoms with Crippen molar-refractivity contribution in [1.29, 1.82) is 0 Å². The second-order valence-electron chi connectivity index (χ2n) is 8.06. The van der Waals surface area contributed by atoms with E-state index in [0.717, 1.165) is 26.0 Å². The van der Waals surface area contributed by atoms with Gasteiger partial charge in [0.1, 0.15) is 5.54 Å². The number of hydrogen-bond donors (Lipinski definition) is 2. The number of amides is 1. The van der Waals surface area contributed by atoms with E-state index in [2.05, 4.69) is 26.1 Å². The van der Waals surface area contributed by atoms with Crippen molar-refractivity contribution >= 4 is 5.91 Å². The average molecular weight is 294 g/mol. The van der Waals surface area contributed by atoms with Gasteiger partial charge in [-0.25, -0.2) is 0 Å². The molecule has 21 heavy (non-hydrogen) atoms. The summed E-state index contributed by atoms with van der Waals surface area (Å²) in [5.41, 5.74) is 5.94. The minimum Gasteiger partial charge on any atom is -0.377 e. The molecule has 2 saturated carbocycles. The van der Waals surface area contributed by atoms with E-state index < -0.39 is 5.54 Å². The summed E-state index contributed by atoms with van der Waals surface area (Å²) in [6, 6.07) is 0. The molecule has 4 nitrogen and oxygen atoms in total. The molecular formula is C17H30N2O2. The third-order valence-electron chi connectivity index (χ3n) is 6.42. The fraction of sp³-hybridized carbons (Fsp3) is 0.941. The SMILES string of the molecule is CCCC1(CNC(=O)C2(N)C3CCCOC3C2(C)C)CC1. The van der Waals surface area contributed by atoms with Crippen LogP contribution in [0.15, 0.2) is 0 Å². The Labute approximate surface area is 128 Å². The Balaban J connectivity index is 1.66. The Morgan fingerprint density at radius 2 is 2.10 bits per heavy atom. The third-order valence-corrected chi connectivity index (χ3v) is 6.42. The van der Waals surface area contributed by atoms with E-state index in [9.17, 15) is 4.79 Å². The van der Waals surface area contributed by atoms with Crippen molar-refractivity contribution in [3.05, 3.63) is 0 Å². The highest BCUT2D eigenvalue weighted by Gasteiger charge is 2.70. The molecule has 0 aromatic carbocycles. The predicted octanol–water partition coefficient (Wildman–Crippen LogP) is 2.22. The van der Waals surface area contributed by atoms with E-state index in [-0.39, 0.29) is 23.3 Å². The van der Waals surface area contributed by atoms with Gasteiger partial charge in [-0.1, -0.05) is 27.2 Å². The molecule has 0 spiro atoms. The van der Waals surface area contributed by atoms with Crippen LogP contribution in [0, 0.1) is 16.7 Å². The number of hydrogen-bond acceptors (Lipinski definition) is 3. The van der Waals surface area contributed by atoms with Crippen molar-refractivity contribution in [3.63, 3.8) is 0 Å². The molecule has 0 bridgehead atoms. The number of rotatable bonds is 5. The van der Waals surface area contributed by atoms with Gasteiger partial charge in [-0.05, 0) is 37.5 Å². The molecule has 3 aliphatic rings. The lowest BCUT2D eigenvalue weighted by Gasteiger charge is -2.65. The lowest BCUT2D eigenvalue weighted by atomic mass is 9.46. The first-order valence-electron chi connectivity index (χ1n) is 8.56. The summed E-state index contributed by atoms with van der Waals surface area (Å²) in [4.78, 5) is 12.8. The van der Waals surface area contributed by atoms with Crippen molar-refractivity contribution in [1.82, 2.24) is 5.32 Å². The topological polar surface area (TPSA) is 64.4 Å². The van der Waals surface area contributed by atoms with Crippen LogP contribution in [0.2, 0.25) is 0 Å². The molecule has 4 heteroatoms. The summed E-state index contributed by atoms with van der Waals surface area (Å²) >= 11 is 0. The fourth-order valence-electron chi connectivity index (χ4n) is 4.67. The van der Waals surface area contributed by atoms with Gasteiger partial charge >= 0.3 is 0 Å². The molecule has 0 radical (unpaired) electrons. The molecule has 120 valence electrons. The Morgan fingerprint density at radius 3 is 2.71 bits per heavy atom. The summed E-state index contributed by atoms with van der Waals surface area (Å²) in [7, 11) is 0. The van der Waals surface area contributed by atoms with Crippen LogP contribution >= 0.6 is 0 Å². The lowest BCUT2D eigenvalue weighted by molar-refractivity contribution is -0.225. The summed E-state index contributed by atoms with van der Waals surface area (Å²) in [5.74, 6) is 0.226. The number of carbonyl (C=O) groups excluding carboxylic acids is 1. The number of nitrogens with two attached hydrogens (primary N) is 1. The van der Waals surface area contributed by atoms with Gasteiger partial charge in [0.05, 0.1) is 6.10 Å². The zero-order chi connectivity index (χ0) is 15.3. The van der Waals surface area contributed by atoms with Crippen molar-refractivity contribution in [2.24, 2.45) is 22.5 Å². The monoisotopic (exact) mass is 294 g/mol. The Bertz CT molecular complexity index is 431. The van der Waals surface area contributed by atoms with Crippen LogP contribution in [0.3, 0.4) is 0 Å². The molecule has 3 atom stereocenters. The van der Waals surface area contributed by atoms with Gasteiger partial charge < -0.3 is 15.8 Å². The molecule has 1 amide bonds. The van der Waals surface area contributed by atoms with Crippen LogP contribution in [-0.4, -0.2) is 30.7 Å². The quantitative estimate of drug-likeness (QED) is 0.817. The van der Waals surface area contributed by atoms with Crippen LogP contribution in [0.1, 0.15) is 59.3 Å². The van der Waals surface area contributed by atoms with Crippen LogP contribution in [0.25, 0.3) is 0 Å². The molecule has 0 aromatic rings. The van der Waals surface area contributed by atoms with E-state index >= 15 is 0 Å². The van der Waals surface area contributed by atoms with Crippen molar-refractivity contribution in [3.8, 4) is 0 Å². The maximum absolute atomic E-state index is 12.8. The molecule has 0 aromatic heterocycles.